The first kappa shape index (κ1) is 11.9. The summed E-state index contributed by atoms with van der Waals surface area (Å²) in [5.74, 6) is 1.32. The average molecular weight is 254 g/mol. The third-order valence-electron chi connectivity index (χ3n) is 2.72. The zero-order valence-electron chi connectivity index (χ0n) is 9.45. The monoisotopic (exact) mass is 253 g/mol. The molecule has 0 radical (unpaired) electrons. The Hall–Kier alpha value is -0.600. The molecule has 1 unspecified atom stereocenters. The summed E-state index contributed by atoms with van der Waals surface area (Å²) in [6.45, 7) is 2.21. The zero-order valence-corrected chi connectivity index (χ0v) is 11.0. The van der Waals surface area contributed by atoms with Crippen molar-refractivity contribution in [2.45, 2.75) is 26.2 Å². The van der Waals surface area contributed by atoms with E-state index in [0.717, 1.165) is 17.8 Å². The van der Waals surface area contributed by atoms with E-state index in [2.05, 4.69) is 30.1 Å². The fourth-order valence-electron chi connectivity index (χ4n) is 1.90. The molecule has 1 nitrogen and oxygen atoms in total. The number of fused-ring (bicyclic) bond motifs is 1. The summed E-state index contributed by atoms with van der Waals surface area (Å²) < 4.78 is 1.28. The van der Waals surface area contributed by atoms with Crippen molar-refractivity contribution in [3.8, 4) is 0 Å². The van der Waals surface area contributed by atoms with Crippen molar-refractivity contribution in [3.05, 3.63) is 29.3 Å². The Balaban J connectivity index is 2.14. The maximum Gasteiger partial charge on any atom is 0.0941 e. The van der Waals surface area contributed by atoms with E-state index in [1.807, 2.05) is 6.07 Å². The number of hydrogen-bond acceptors (Lipinski definition) is 2. The highest BCUT2D eigenvalue weighted by Crippen LogP contribution is 2.25. The van der Waals surface area contributed by atoms with Gasteiger partial charge in [-0.05, 0) is 24.5 Å². The van der Waals surface area contributed by atoms with E-state index in [4.69, 9.17) is 11.6 Å². The van der Waals surface area contributed by atoms with Crippen LogP contribution in [-0.4, -0.2) is 10.9 Å². The van der Waals surface area contributed by atoms with Crippen LogP contribution in [0.5, 0.6) is 0 Å². The molecule has 0 saturated heterocycles. The lowest BCUT2D eigenvalue weighted by Gasteiger charge is -2.09. The van der Waals surface area contributed by atoms with Crippen LogP contribution in [0.3, 0.4) is 0 Å². The number of hydrogen-bond donors (Lipinski definition) is 0. The zero-order chi connectivity index (χ0) is 11.4. The lowest BCUT2D eigenvalue weighted by molar-refractivity contribution is 0.527. The van der Waals surface area contributed by atoms with E-state index in [-0.39, 0.29) is 0 Å². The first-order valence-corrected chi connectivity index (χ1v) is 7.09. The molecule has 0 aliphatic rings. The van der Waals surface area contributed by atoms with Crippen LogP contribution in [0.2, 0.25) is 0 Å². The molecule has 0 spiro atoms. The molecule has 86 valence electrons. The molecule has 0 aliphatic carbocycles. The van der Waals surface area contributed by atoms with Crippen LogP contribution >= 0.6 is 22.9 Å². The van der Waals surface area contributed by atoms with Gasteiger partial charge in [-0.25, -0.2) is 4.98 Å². The molecule has 0 saturated carbocycles. The molecule has 0 N–H and O–H groups in total. The average Bonchev–Trinajstić information content (AvgIpc) is 2.70. The predicted octanol–water partition coefficient (Wildman–Crippen LogP) is 4.49. The van der Waals surface area contributed by atoms with Crippen molar-refractivity contribution >= 4 is 33.2 Å². The van der Waals surface area contributed by atoms with Crippen molar-refractivity contribution in [1.29, 1.82) is 0 Å². The maximum absolute atomic E-state index is 5.97. The van der Waals surface area contributed by atoms with E-state index < -0.39 is 0 Å². The van der Waals surface area contributed by atoms with Gasteiger partial charge in [-0.2, -0.15) is 0 Å². The van der Waals surface area contributed by atoms with Crippen LogP contribution < -0.4 is 0 Å². The van der Waals surface area contributed by atoms with Crippen molar-refractivity contribution in [1.82, 2.24) is 4.98 Å². The molecule has 1 aromatic carbocycles. The largest absolute Gasteiger partial charge is 0.241 e. The van der Waals surface area contributed by atoms with Gasteiger partial charge >= 0.3 is 0 Å². The van der Waals surface area contributed by atoms with Crippen molar-refractivity contribution in [3.63, 3.8) is 0 Å². The quantitative estimate of drug-likeness (QED) is 0.716. The summed E-state index contributed by atoms with van der Waals surface area (Å²) in [7, 11) is 0. The lowest BCUT2D eigenvalue weighted by atomic mass is 10.0. The highest BCUT2D eigenvalue weighted by atomic mass is 35.5. The Labute approximate surface area is 105 Å². The molecule has 1 heterocycles. The number of rotatable bonds is 5. The van der Waals surface area contributed by atoms with Gasteiger partial charge in [-0.15, -0.1) is 22.9 Å². The Morgan fingerprint density at radius 3 is 2.88 bits per heavy atom. The smallest absolute Gasteiger partial charge is 0.0941 e. The number of para-hydroxylation sites is 1. The first-order chi connectivity index (χ1) is 7.83. The molecule has 3 heteroatoms. The van der Waals surface area contributed by atoms with Gasteiger partial charge in [-0.1, -0.05) is 25.5 Å². The van der Waals surface area contributed by atoms with Crippen LogP contribution in [0.25, 0.3) is 10.2 Å². The minimum atomic E-state index is 0.576. The minimum absolute atomic E-state index is 0.576. The van der Waals surface area contributed by atoms with Crippen LogP contribution in [0.15, 0.2) is 24.3 Å². The van der Waals surface area contributed by atoms with E-state index in [1.165, 1.54) is 22.5 Å². The molecular weight excluding hydrogens is 238 g/mol. The third-order valence-corrected chi connectivity index (χ3v) is 4.21. The van der Waals surface area contributed by atoms with Gasteiger partial charge in [0, 0.05) is 12.3 Å². The second kappa shape index (κ2) is 5.65. The Morgan fingerprint density at radius 1 is 1.38 bits per heavy atom. The Morgan fingerprint density at radius 2 is 2.19 bits per heavy atom. The summed E-state index contributed by atoms with van der Waals surface area (Å²) in [5, 5.41) is 1.22. The highest BCUT2D eigenvalue weighted by Gasteiger charge is 2.11. The summed E-state index contributed by atoms with van der Waals surface area (Å²) in [6.07, 6.45) is 3.42. The first-order valence-electron chi connectivity index (χ1n) is 5.74. The number of benzene rings is 1. The van der Waals surface area contributed by atoms with Crippen molar-refractivity contribution in [2.24, 2.45) is 5.92 Å². The van der Waals surface area contributed by atoms with E-state index >= 15 is 0 Å². The maximum atomic E-state index is 5.97. The highest BCUT2D eigenvalue weighted by molar-refractivity contribution is 7.18. The molecule has 1 atom stereocenters. The molecule has 0 bridgehead atoms. The van der Waals surface area contributed by atoms with E-state index in [0.29, 0.717) is 5.92 Å². The number of nitrogens with zero attached hydrogens (tertiary/aromatic N) is 1. The fraction of sp³-hybridized carbons (Fsp3) is 0.462. The molecule has 2 aromatic rings. The van der Waals surface area contributed by atoms with Gasteiger partial charge in [0.15, 0.2) is 0 Å². The van der Waals surface area contributed by atoms with Gasteiger partial charge in [-0.3, -0.25) is 0 Å². The SMILES string of the molecule is CCCC(CCl)Cc1nc2ccccc2s1. The summed E-state index contributed by atoms with van der Waals surface area (Å²) in [6, 6.07) is 8.31. The van der Waals surface area contributed by atoms with E-state index in [1.54, 1.807) is 11.3 Å². The van der Waals surface area contributed by atoms with Crippen LogP contribution in [-0.2, 0) is 6.42 Å². The second-order valence-corrected chi connectivity index (χ2v) is 5.51. The normalized spacial score (nSPS) is 13.1. The molecule has 0 aliphatic heterocycles. The minimum Gasteiger partial charge on any atom is -0.241 e. The van der Waals surface area contributed by atoms with E-state index in [9.17, 15) is 0 Å². The van der Waals surface area contributed by atoms with Gasteiger partial charge in [0.05, 0.1) is 15.2 Å². The molecule has 1 aromatic heterocycles. The standard InChI is InChI=1S/C13H16ClNS/c1-2-5-10(9-14)8-13-15-11-6-3-4-7-12(11)16-13/h3-4,6-7,10H,2,5,8-9H2,1H3. The molecule has 16 heavy (non-hydrogen) atoms. The Kier molecular flexibility index (Phi) is 4.19. The van der Waals surface area contributed by atoms with Gasteiger partial charge in [0.25, 0.3) is 0 Å². The van der Waals surface area contributed by atoms with Crippen LogP contribution in [0.4, 0.5) is 0 Å². The van der Waals surface area contributed by atoms with Crippen molar-refractivity contribution < 1.29 is 0 Å². The Bertz CT molecular complexity index is 419. The van der Waals surface area contributed by atoms with Gasteiger partial charge in [0.1, 0.15) is 0 Å². The lowest BCUT2D eigenvalue weighted by Crippen LogP contribution is -2.05. The molecule has 2 rings (SSSR count). The predicted molar refractivity (Wildman–Crippen MR) is 72.4 cm³/mol. The molecule has 0 fully saturated rings. The fourth-order valence-corrected chi connectivity index (χ4v) is 3.24. The summed E-state index contributed by atoms with van der Waals surface area (Å²) in [4.78, 5) is 4.64. The van der Waals surface area contributed by atoms with Gasteiger partial charge < -0.3 is 0 Å². The molecular formula is C13H16ClNS. The molecule has 0 amide bonds. The second-order valence-electron chi connectivity index (χ2n) is 4.09. The van der Waals surface area contributed by atoms with Gasteiger partial charge in [0.2, 0.25) is 0 Å². The van der Waals surface area contributed by atoms with Crippen LogP contribution in [0.1, 0.15) is 24.8 Å². The number of alkyl halides is 1. The summed E-state index contributed by atoms with van der Waals surface area (Å²) in [5.41, 5.74) is 1.12. The van der Waals surface area contributed by atoms with Crippen molar-refractivity contribution in [2.75, 3.05) is 5.88 Å². The third kappa shape index (κ3) is 2.74. The number of aromatic nitrogens is 1. The van der Waals surface area contributed by atoms with Crippen LogP contribution in [0, 0.1) is 5.92 Å². The topological polar surface area (TPSA) is 12.9 Å². The summed E-state index contributed by atoms with van der Waals surface area (Å²) >= 11 is 7.77. The number of thiazole rings is 1. The number of halogens is 1.